The zero-order chi connectivity index (χ0) is 10.8. The largest absolute Gasteiger partial charge is 0.382 e. The maximum absolute atomic E-state index is 7.35. The van der Waals surface area contributed by atoms with Crippen molar-refractivity contribution in [3.8, 4) is 11.4 Å². The van der Waals surface area contributed by atoms with Crippen molar-refractivity contribution in [1.29, 1.82) is 5.41 Å². The number of nitrogens with one attached hydrogen (secondary N) is 1. The molecule has 15 heavy (non-hydrogen) atoms. The van der Waals surface area contributed by atoms with Gasteiger partial charge >= 0.3 is 0 Å². The Labute approximate surface area is 87.1 Å². The molecule has 5 nitrogen and oxygen atoms in total. The molecule has 0 radical (unpaired) electrons. The third-order valence-electron chi connectivity index (χ3n) is 2.08. The SMILES string of the molecule is Cn1nc(-c2ccccn2)cc1C(=N)N. The van der Waals surface area contributed by atoms with Crippen molar-refractivity contribution < 1.29 is 0 Å². The third-order valence-corrected chi connectivity index (χ3v) is 2.08. The minimum atomic E-state index is 0.00665. The number of nitrogens with two attached hydrogens (primary N) is 1. The predicted molar refractivity (Wildman–Crippen MR) is 57.5 cm³/mol. The molecule has 0 aromatic carbocycles. The Morgan fingerprint density at radius 1 is 1.40 bits per heavy atom. The fourth-order valence-corrected chi connectivity index (χ4v) is 1.36. The first kappa shape index (κ1) is 9.39. The number of amidine groups is 1. The van der Waals surface area contributed by atoms with Gasteiger partial charge in [-0.25, -0.2) is 0 Å². The fraction of sp³-hybridized carbons (Fsp3) is 0.100. The van der Waals surface area contributed by atoms with Gasteiger partial charge in [-0.15, -0.1) is 0 Å². The monoisotopic (exact) mass is 201 g/mol. The molecule has 2 rings (SSSR count). The maximum atomic E-state index is 7.35. The highest BCUT2D eigenvalue weighted by molar-refractivity contribution is 5.94. The van der Waals surface area contributed by atoms with Gasteiger partial charge < -0.3 is 5.73 Å². The number of pyridine rings is 1. The summed E-state index contributed by atoms with van der Waals surface area (Å²) in [6, 6.07) is 7.36. The van der Waals surface area contributed by atoms with Crippen LogP contribution in [0.1, 0.15) is 5.69 Å². The number of aromatic nitrogens is 3. The number of hydrogen-bond acceptors (Lipinski definition) is 3. The van der Waals surface area contributed by atoms with E-state index in [1.165, 1.54) is 0 Å². The predicted octanol–water partition coefficient (Wildman–Crippen LogP) is 0.766. The van der Waals surface area contributed by atoms with Gasteiger partial charge in [0.1, 0.15) is 17.2 Å². The van der Waals surface area contributed by atoms with Gasteiger partial charge in [0, 0.05) is 13.2 Å². The van der Waals surface area contributed by atoms with Crippen molar-refractivity contribution in [3.05, 3.63) is 36.2 Å². The van der Waals surface area contributed by atoms with Crippen molar-refractivity contribution in [2.75, 3.05) is 0 Å². The molecule has 0 bridgehead atoms. The highest BCUT2D eigenvalue weighted by Gasteiger charge is 2.09. The molecule has 0 saturated carbocycles. The van der Waals surface area contributed by atoms with Gasteiger partial charge in [-0.1, -0.05) is 6.07 Å². The Bertz CT molecular complexity index is 486. The van der Waals surface area contributed by atoms with E-state index in [9.17, 15) is 0 Å². The molecule has 76 valence electrons. The highest BCUT2D eigenvalue weighted by atomic mass is 15.3. The number of hydrogen-bond donors (Lipinski definition) is 2. The highest BCUT2D eigenvalue weighted by Crippen LogP contribution is 2.15. The van der Waals surface area contributed by atoms with Crippen molar-refractivity contribution in [2.45, 2.75) is 0 Å². The van der Waals surface area contributed by atoms with Crippen LogP contribution in [0.15, 0.2) is 30.5 Å². The molecular weight excluding hydrogens is 190 g/mol. The van der Waals surface area contributed by atoms with Crippen molar-refractivity contribution in [3.63, 3.8) is 0 Å². The van der Waals surface area contributed by atoms with Crippen LogP contribution < -0.4 is 5.73 Å². The van der Waals surface area contributed by atoms with Crippen LogP contribution in [0, 0.1) is 5.41 Å². The summed E-state index contributed by atoms with van der Waals surface area (Å²) in [5.41, 5.74) is 7.50. The summed E-state index contributed by atoms with van der Waals surface area (Å²) in [6.07, 6.45) is 1.71. The molecular formula is C10H11N5. The summed E-state index contributed by atoms with van der Waals surface area (Å²) < 4.78 is 1.58. The van der Waals surface area contributed by atoms with E-state index in [0.29, 0.717) is 5.69 Å². The molecule has 2 aromatic heterocycles. The van der Waals surface area contributed by atoms with Gasteiger partial charge in [-0.2, -0.15) is 5.10 Å². The van der Waals surface area contributed by atoms with Crippen LogP contribution in [-0.2, 0) is 7.05 Å². The first-order valence-electron chi connectivity index (χ1n) is 4.48. The summed E-state index contributed by atoms with van der Waals surface area (Å²) in [5.74, 6) is 0.00665. The normalized spacial score (nSPS) is 10.2. The van der Waals surface area contributed by atoms with E-state index in [2.05, 4.69) is 10.1 Å². The van der Waals surface area contributed by atoms with Crippen LogP contribution >= 0.6 is 0 Å². The molecule has 0 aliphatic rings. The van der Waals surface area contributed by atoms with E-state index in [0.717, 1.165) is 11.4 Å². The topological polar surface area (TPSA) is 80.6 Å². The van der Waals surface area contributed by atoms with Gasteiger partial charge in [-0.05, 0) is 18.2 Å². The van der Waals surface area contributed by atoms with Gasteiger partial charge in [0.15, 0.2) is 0 Å². The fourth-order valence-electron chi connectivity index (χ4n) is 1.36. The average Bonchev–Trinajstić information content (AvgIpc) is 2.62. The number of rotatable bonds is 2. The molecule has 3 N–H and O–H groups in total. The average molecular weight is 201 g/mol. The second kappa shape index (κ2) is 3.53. The molecule has 2 heterocycles. The Kier molecular flexibility index (Phi) is 2.21. The number of nitrogen functional groups attached to an aromatic ring is 1. The molecule has 0 atom stereocenters. The smallest absolute Gasteiger partial charge is 0.141 e. The van der Waals surface area contributed by atoms with Gasteiger partial charge in [0.05, 0.1) is 5.69 Å². The lowest BCUT2D eigenvalue weighted by molar-refractivity contribution is 0.760. The quantitative estimate of drug-likeness (QED) is 0.556. The lowest BCUT2D eigenvalue weighted by Gasteiger charge is -1.95. The molecule has 0 spiro atoms. The minimum Gasteiger partial charge on any atom is -0.382 e. The van der Waals surface area contributed by atoms with Crippen LogP contribution in [0.3, 0.4) is 0 Å². The van der Waals surface area contributed by atoms with Crippen LogP contribution in [-0.4, -0.2) is 20.6 Å². The van der Waals surface area contributed by atoms with E-state index in [1.807, 2.05) is 18.2 Å². The first-order valence-corrected chi connectivity index (χ1v) is 4.48. The van der Waals surface area contributed by atoms with Gasteiger partial charge in [0.2, 0.25) is 0 Å². The molecule has 0 aliphatic heterocycles. The zero-order valence-corrected chi connectivity index (χ0v) is 8.31. The van der Waals surface area contributed by atoms with Crippen LogP contribution in [0.5, 0.6) is 0 Å². The zero-order valence-electron chi connectivity index (χ0n) is 8.31. The van der Waals surface area contributed by atoms with E-state index in [1.54, 1.807) is 24.0 Å². The van der Waals surface area contributed by atoms with Crippen molar-refractivity contribution >= 4 is 5.84 Å². The lowest BCUT2D eigenvalue weighted by Crippen LogP contribution is -2.15. The second-order valence-corrected chi connectivity index (χ2v) is 3.17. The summed E-state index contributed by atoms with van der Waals surface area (Å²) in [4.78, 5) is 4.18. The van der Waals surface area contributed by atoms with Crippen LogP contribution in [0.25, 0.3) is 11.4 Å². The summed E-state index contributed by atoms with van der Waals surface area (Å²) in [7, 11) is 1.75. The molecule has 0 amide bonds. The Morgan fingerprint density at radius 2 is 2.20 bits per heavy atom. The summed E-state index contributed by atoms with van der Waals surface area (Å²) in [6.45, 7) is 0. The van der Waals surface area contributed by atoms with Crippen LogP contribution in [0.4, 0.5) is 0 Å². The summed E-state index contributed by atoms with van der Waals surface area (Å²) >= 11 is 0. The van der Waals surface area contributed by atoms with E-state index in [4.69, 9.17) is 11.1 Å². The van der Waals surface area contributed by atoms with Gasteiger partial charge in [-0.3, -0.25) is 15.1 Å². The Balaban J connectivity index is 2.48. The Morgan fingerprint density at radius 3 is 2.73 bits per heavy atom. The second-order valence-electron chi connectivity index (χ2n) is 3.17. The standard InChI is InChI=1S/C10H11N5/c1-15-9(10(11)12)6-8(14-15)7-4-2-3-5-13-7/h2-6H,1H3,(H3,11,12). The molecule has 5 heteroatoms. The number of nitrogens with zero attached hydrogens (tertiary/aromatic N) is 3. The minimum absolute atomic E-state index is 0.00665. The molecule has 0 unspecified atom stereocenters. The van der Waals surface area contributed by atoms with E-state index < -0.39 is 0 Å². The maximum Gasteiger partial charge on any atom is 0.141 e. The molecule has 0 saturated heterocycles. The Hall–Kier alpha value is -2.17. The third kappa shape index (κ3) is 1.71. The molecule has 2 aromatic rings. The first-order chi connectivity index (χ1) is 7.18. The summed E-state index contributed by atoms with van der Waals surface area (Å²) in [5, 5.41) is 11.6. The van der Waals surface area contributed by atoms with Crippen molar-refractivity contribution in [1.82, 2.24) is 14.8 Å². The van der Waals surface area contributed by atoms with Crippen molar-refractivity contribution in [2.24, 2.45) is 12.8 Å². The lowest BCUT2D eigenvalue weighted by atomic mass is 10.2. The number of aryl methyl sites for hydroxylation is 1. The van der Waals surface area contributed by atoms with E-state index in [-0.39, 0.29) is 5.84 Å². The van der Waals surface area contributed by atoms with Gasteiger partial charge in [0.25, 0.3) is 0 Å². The molecule has 0 fully saturated rings. The molecule has 0 aliphatic carbocycles. The van der Waals surface area contributed by atoms with E-state index >= 15 is 0 Å². The van der Waals surface area contributed by atoms with Crippen LogP contribution in [0.2, 0.25) is 0 Å².